The molecule has 1 heterocycles. The fraction of sp³-hybridized carbons (Fsp3) is 0.462. The molecule has 92 valence electrons. The highest BCUT2D eigenvalue weighted by atomic mass is 32.2. The summed E-state index contributed by atoms with van der Waals surface area (Å²) in [7, 11) is 0. The van der Waals surface area contributed by atoms with Gasteiger partial charge in [-0.1, -0.05) is 19.1 Å². The van der Waals surface area contributed by atoms with Crippen molar-refractivity contribution in [1.82, 2.24) is 9.55 Å². The van der Waals surface area contributed by atoms with Crippen LogP contribution in [0.4, 0.5) is 0 Å². The second-order valence-electron chi connectivity index (χ2n) is 4.15. The maximum absolute atomic E-state index is 5.41. The molecule has 0 amide bonds. The van der Waals surface area contributed by atoms with Crippen molar-refractivity contribution in [1.29, 1.82) is 0 Å². The third-order valence-corrected chi connectivity index (χ3v) is 4.18. The number of fused-ring (bicyclic) bond motifs is 1. The summed E-state index contributed by atoms with van der Waals surface area (Å²) >= 11 is 7.40. The predicted octanol–water partition coefficient (Wildman–Crippen LogP) is 4.40. The molecule has 0 bridgehead atoms. The fourth-order valence-corrected chi connectivity index (χ4v) is 3.22. The van der Waals surface area contributed by atoms with E-state index in [9.17, 15) is 0 Å². The van der Waals surface area contributed by atoms with E-state index in [0.717, 1.165) is 16.7 Å². The van der Waals surface area contributed by atoms with Crippen molar-refractivity contribution in [2.75, 3.05) is 11.5 Å². The maximum atomic E-state index is 5.41. The molecular weight excluding hydrogens is 248 g/mol. The molecule has 1 aromatic heterocycles. The highest BCUT2D eigenvalue weighted by molar-refractivity contribution is 7.99. The lowest BCUT2D eigenvalue weighted by Crippen LogP contribution is -2.06. The van der Waals surface area contributed by atoms with Gasteiger partial charge in [-0.05, 0) is 49.2 Å². The van der Waals surface area contributed by atoms with Crippen molar-refractivity contribution < 1.29 is 0 Å². The van der Waals surface area contributed by atoms with Gasteiger partial charge in [0.15, 0.2) is 4.77 Å². The number of aromatic amines is 1. The number of thioether (sulfide) groups is 1. The van der Waals surface area contributed by atoms with Gasteiger partial charge >= 0.3 is 0 Å². The molecule has 0 aliphatic heterocycles. The van der Waals surface area contributed by atoms with Crippen LogP contribution in [-0.4, -0.2) is 21.1 Å². The van der Waals surface area contributed by atoms with Crippen molar-refractivity contribution in [3.63, 3.8) is 0 Å². The fourth-order valence-electron chi connectivity index (χ4n) is 2.04. The second kappa shape index (κ2) is 5.74. The molecule has 0 fully saturated rings. The number of hydrogen-bond donors (Lipinski definition) is 1. The SMILES string of the molecule is CCSCCC(C)n1c(=S)[nH]c2ccccc21. The Labute approximate surface area is 111 Å². The van der Waals surface area contributed by atoms with Crippen molar-refractivity contribution in [2.24, 2.45) is 0 Å². The third-order valence-electron chi connectivity index (χ3n) is 2.95. The van der Waals surface area contributed by atoms with Crippen LogP contribution in [0, 0.1) is 4.77 Å². The first-order chi connectivity index (χ1) is 8.24. The van der Waals surface area contributed by atoms with Crippen LogP contribution in [0.1, 0.15) is 26.3 Å². The van der Waals surface area contributed by atoms with Gasteiger partial charge in [-0.2, -0.15) is 11.8 Å². The van der Waals surface area contributed by atoms with Crippen molar-refractivity contribution in [2.45, 2.75) is 26.3 Å². The minimum Gasteiger partial charge on any atom is -0.331 e. The van der Waals surface area contributed by atoms with Crippen molar-refractivity contribution >= 4 is 35.0 Å². The summed E-state index contributed by atoms with van der Waals surface area (Å²) in [5.74, 6) is 2.38. The molecule has 0 radical (unpaired) electrons. The van der Waals surface area contributed by atoms with Crippen LogP contribution < -0.4 is 0 Å². The van der Waals surface area contributed by atoms with E-state index in [-0.39, 0.29) is 0 Å². The molecule has 1 unspecified atom stereocenters. The zero-order valence-electron chi connectivity index (χ0n) is 10.3. The molecule has 17 heavy (non-hydrogen) atoms. The van der Waals surface area contributed by atoms with Gasteiger partial charge in [0.05, 0.1) is 11.0 Å². The van der Waals surface area contributed by atoms with Crippen LogP contribution in [0.5, 0.6) is 0 Å². The average Bonchev–Trinajstić information content (AvgIpc) is 2.65. The number of para-hydroxylation sites is 2. The number of imidazole rings is 1. The van der Waals surface area contributed by atoms with Crippen LogP contribution in [0.2, 0.25) is 0 Å². The van der Waals surface area contributed by atoms with Gasteiger partial charge in [0, 0.05) is 6.04 Å². The van der Waals surface area contributed by atoms with Gasteiger partial charge in [-0.3, -0.25) is 0 Å². The first kappa shape index (κ1) is 12.7. The molecule has 1 N–H and O–H groups in total. The van der Waals surface area contributed by atoms with Crippen LogP contribution >= 0.6 is 24.0 Å². The topological polar surface area (TPSA) is 20.7 Å². The smallest absolute Gasteiger partial charge is 0.178 e. The first-order valence-corrected chi connectivity index (χ1v) is 7.57. The molecule has 0 saturated carbocycles. The van der Waals surface area contributed by atoms with Crippen LogP contribution in [0.3, 0.4) is 0 Å². The van der Waals surface area contributed by atoms with Crippen molar-refractivity contribution in [3.8, 4) is 0 Å². The highest BCUT2D eigenvalue weighted by Gasteiger charge is 2.10. The zero-order chi connectivity index (χ0) is 12.3. The number of aromatic nitrogens is 2. The molecule has 1 aromatic carbocycles. The lowest BCUT2D eigenvalue weighted by atomic mass is 10.2. The lowest BCUT2D eigenvalue weighted by Gasteiger charge is -2.14. The summed E-state index contributed by atoms with van der Waals surface area (Å²) in [6.07, 6.45) is 1.16. The minimum absolute atomic E-state index is 0.456. The van der Waals surface area contributed by atoms with Gasteiger partial charge in [0.1, 0.15) is 0 Å². The van der Waals surface area contributed by atoms with Crippen LogP contribution in [-0.2, 0) is 0 Å². The Kier molecular flexibility index (Phi) is 4.29. The van der Waals surface area contributed by atoms with E-state index in [1.165, 1.54) is 17.0 Å². The standard InChI is InChI=1S/C13H18N2S2/c1-3-17-9-8-10(2)15-12-7-5-4-6-11(12)14-13(15)16/h4-7,10H,3,8-9H2,1-2H3,(H,14,16). The van der Waals surface area contributed by atoms with Gasteiger partial charge in [-0.15, -0.1) is 0 Å². The molecule has 2 aromatic rings. The Morgan fingerprint density at radius 2 is 2.18 bits per heavy atom. The zero-order valence-corrected chi connectivity index (χ0v) is 11.9. The Morgan fingerprint density at radius 1 is 1.41 bits per heavy atom. The van der Waals surface area contributed by atoms with Crippen LogP contribution in [0.25, 0.3) is 11.0 Å². The average molecular weight is 266 g/mol. The van der Waals surface area contributed by atoms with Crippen molar-refractivity contribution in [3.05, 3.63) is 29.0 Å². The minimum atomic E-state index is 0.456. The quantitative estimate of drug-likeness (QED) is 0.639. The van der Waals surface area contributed by atoms with Crippen LogP contribution in [0.15, 0.2) is 24.3 Å². The Balaban J connectivity index is 2.28. The third kappa shape index (κ3) is 2.75. The highest BCUT2D eigenvalue weighted by Crippen LogP contribution is 2.22. The summed E-state index contributed by atoms with van der Waals surface area (Å²) in [6.45, 7) is 4.44. The molecule has 0 spiro atoms. The van der Waals surface area contributed by atoms with E-state index in [1.54, 1.807) is 0 Å². The van der Waals surface area contributed by atoms with Gasteiger partial charge in [0.25, 0.3) is 0 Å². The van der Waals surface area contributed by atoms with Gasteiger partial charge in [0.2, 0.25) is 0 Å². The number of hydrogen-bond acceptors (Lipinski definition) is 2. The second-order valence-corrected chi connectivity index (χ2v) is 5.93. The summed E-state index contributed by atoms with van der Waals surface area (Å²) in [5, 5.41) is 0. The predicted molar refractivity (Wildman–Crippen MR) is 79.4 cm³/mol. The number of benzene rings is 1. The van der Waals surface area contributed by atoms with E-state index < -0.39 is 0 Å². The Morgan fingerprint density at radius 3 is 2.94 bits per heavy atom. The van der Waals surface area contributed by atoms with Gasteiger partial charge in [-0.25, -0.2) is 0 Å². The summed E-state index contributed by atoms with van der Waals surface area (Å²) in [5.41, 5.74) is 2.35. The molecule has 2 nitrogen and oxygen atoms in total. The van der Waals surface area contributed by atoms with E-state index in [1.807, 2.05) is 17.8 Å². The Hall–Kier alpha value is -0.740. The van der Waals surface area contributed by atoms with E-state index in [2.05, 4.69) is 41.6 Å². The molecule has 0 saturated heterocycles. The summed E-state index contributed by atoms with van der Waals surface area (Å²) in [6, 6.07) is 8.77. The number of nitrogens with one attached hydrogen (secondary N) is 1. The van der Waals surface area contributed by atoms with E-state index in [4.69, 9.17) is 12.2 Å². The number of nitrogens with zero attached hydrogens (tertiary/aromatic N) is 1. The summed E-state index contributed by atoms with van der Waals surface area (Å²) < 4.78 is 3.07. The normalized spacial score (nSPS) is 13.1. The lowest BCUT2D eigenvalue weighted by molar-refractivity contribution is 0.543. The molecule has 4 heteroatoms. The number of H-pyrrole nitrogens is 1. The monoisotopic (exact) mass is 266 g/mol. The molecule has 2 rings (SSSR count). The molecule has 1 atom stereocenters. The maximum Gasteiger partial charge on any atom is 0.178 e. The molecular formula is C13H18N2S2. The van der Waals surface area contributed by atoms with E-state index in [0.29, 0.717) is 6.04 Å². The molecule has 0 aliphatic rings. The largest absolute Gasteiger partial charge is 0.331 e. The first-order valence-electron chi connectivity index (χ1n) is 6.01. The number of rotatable bonds is 5. The van der Waals surface area contributed by atoms with E-state index >= 15 is 0 Å². The molecule has 0 aliphatic carbocycles. The van der Waals surface area contributed by atoms with Gasteiger partial charge < -0.3 is 9.55 Å². The summed E-state index contributed by atoms with van der Waals surface area (Å²) in [4.78, 5) is 3.27. The Bertz CT molecular complexity index is 542.